The first-order valence-corrected chi connectivity index (χ1v) is 7.55. The standard InChI is InChI=1S/C20H20NO2/c1-22-18-10-6-16(7-11-18)20(21-14-4-3-5-15-21)17-8-12-19(23-2)13-9-17/h3-15,20H,1-2H3/q+1. The van der Waals surface area contributed by atoms with Crippen LogP contribution in [0.3, 0.4) is 0 Å². The Balaban J connectivity index is 2.05. The monoisotopic (exact) mass is 306 g/mol. The van der Waals surface area contributed by atoms with E-state index >= 15 is 0 Å². The molecule has 1 heterocycles. The Morgan fingerprint density at radius 3 is 1.48 bits per heavy atom. The van der Waals surface area contributed by atoms with Crippen LogP contribution >= 0.6 is 0 Å². The maximum atomic E-state index is 5.27. The quantitative estimate of drug-likeness (QED) is 0.672. The topological polar surface area (TPSA) is 22.3 Å². The molecule has 116 valence electrons. The van der Waals surface area contributed by atoms with E-state index in [0.717, 1.165) is 11.5 Å². The van der Waals surface area contributed by atoms with Crippen molar-refractivity contribution in [3.05, 3.63) is 90.3 Å². The van der Waals surface area contributed by atoms with E-state index in [2.05, 4.69) is 41.2 Å². The minimum absolute atomic E-state index is 0.105. The highest BCUT2D eigenvalue weighted by molar-refractivity contribution is 5.36. The highest BCUT2D eigenvalue weighted by Crippen LogP contribution is 2.25. The number of rotatable bonds is 5. The van der Waals surface area contributed by atoms with Gasteiger partial charge in [0.1, 0.15) is 11.5 Å². The summed E-state index contributed by atoms with van der Waals surface area (Å²) in [6, 6.07) is 22.6. The van der Waals surface area contributed by atoms with Gasteiger partial charge in [0.25, 0.3) is 0 Å². The van der Waals surface area contributed by atoms with Crippen molar-refractivity contribution >= 4 is 0 Å². The van der Waals surface area contributed by atoms with Gasteiger partial charge in [-0.25, -0.2) is 0 Å². The Morgan fingerprint density at radius 2 is 1.09 bits per heavy atom. The third-order valence-electron chi connectivity index (χ3n) is 3.90. The Bertz CT molecular complexity index is 689. The molecule has 0 amide bonds. The van der Waals surface area contributed by atoms with Gasteiger partial charge >= 0.3 is 0 Å². The SMILES string of the molecule is COc1ccc(C(c2ccc(OC)cc2)[n+]2ccccc2)cc1. The summed E-state index contributed by atoms with van der Waals surface area (Å²) in [5, 5.41) is 0. The maximum absolute atomic E-state index is 5.27. The fourth-order valence-electron chi connectivity index (χ4n) is 2.69. The average molecular weight is 306 g/mol. The molecule has 0 aliphatic carbocycles. The number of hydrogen-bond acceptors (Lipinski definition) is 2. The van der Waals surface area contributed by atoms with Gasteiger partial charge in [0, 0.05) is 23.3 Å². The molecule has 0 radical (unpaired) electrons. The van der Waals surface area contributed by atoms with Crippen LogP contribution in [0.25, 0.3) is 0 Å². The van der Waals surface area contributed by atoms with Crippen molar-refractivity contribution in [2.45, 2.75) is 6.04 Å². The zero-order valence-electron chi connectivity index (χ0n) is 13.3. The number of pyridine rings is 1. The molecule has 0 spiro atoms. The Morgan fingerprint density at radius 1 is 0.652 bits per heavy atom. The zero-order valence-corrected chi connectivity index (χ0v) is 13.3. The number of hydrogen-bond donors (Lipinski definition) is 0. The van der Waals surface area contributed by atoms with E-state index in [1.54, 1.807) is 14.2 Å². The fraction of sp³-hybridized carbons (Fsp3) is 0.150. The predicted molar refractivity (Wildman–Crippen MR) is 89.9 cm³/mol. The van der Waals surface area contributed by atoms with Crippen molar-refractivity contribution < 1.29 is 14.0 Å². The minimum Gasteiger partial charge on any atom is -0.497 e. The van der Waals surface area contributed by atoms with Gasteiger partial charge in [0.05, 0.1) is 14.2 Å². The molecule has 0 unspecified atom stereocenters. The molecule has 0 saturated heterocycles. The van der Waals surface area contributed by atoms with Gasteiger partial charge in [-0.15, -0.1) is 0 Å². The van der Waals surface area contributed by atoms with Crippen LogP contribution in [0.15, 0.2) is 79.1 Å². The molecule has 23 heavy (non-hydrogen) atoms. The first-order valence-electron chi connectivity index (χ1n) is 7.55. The second-order valence-electron chi connectivity index (χ2n) is 5.27. The first kappa shape index (κ1) is 15.1. The molecule has 2 aromatic carbocycles. The van der Waals surface area contributed by atoms with Gasteiger partial charge in [-0.3, -0.25) is 0 Å². The third kappa shape index (κ3) is 3.34. The largest absolute Gasteiger partial charge is 0.497 e. The molecule has 1 aromatic heterocycles. The summed E-state index contributed by atoms with van der Waals surface area (Å²) in [7, 11) is 3.36. The van der Waals surface area contributed by atoms with Gasteiger partial charge in [0.2, 0.25) is 6.04 Å². The van der Waals surface area contributed by atoms with E-state index in [-0.39, 0.29) is 6.04 Å². The number of nitrogens with zero attached hydrogens (tertiary/aromatic N) is 1. The van der Waals surface area contributed by atoms with Crippen molar-refractivity contribution in [3.8, 4) is 11.5 Å². The lowest BCUT2D eigenvalue weighted by molar-refractivity contribution is -0.704. The van der Waals surface area contributed by atoms with Crippen molar-refractivity contribution in [3.63, 3.8) is 0 Å². The minimum atomic E-state index is 0.105. The van der Waals surface area contributed by atoms with Crippen LogP contribution in [0.1, 0.15) is 17.2 Å². The molecule has 0 saturated carbocycles. The van der Waals surface area contributed by atoms with Crippen molar-refractivity contribution in [2.24, 2.45) is 0 Å². The molecule has 0 N–H and O–H groups in total. The molecule has 3 rings (SSSR count). The Kier molecular flexibility index (Phi) is 4.57. The Labute approximate surface area is 136 Å². The lowest BCUT2D eigenvalue weighted by Gasteiger charge is -2.14. The van der Waals surface area contributed by atoms with Crippen LogP contribution in [-0.4, -0.2) is 14.2 Å². The molecular weight excluding hydrogens is 286 g/mol. The molecule has 3 heteroatoms. The van der Waals surface area contributed by atoms with Gasteiger partial charge in [-0.2, -0.15) is 4.57 Å². The smallest absolute Gasteiger partial charge is 0.208 e. The van der Waals surface area contributed by atoms with Crippen LogP contribution < -0.4 is 14.0 Å². The summed E-state index contributed by atoms with van der Waals surface area (Å²) in [4.78, 5) is 0. The Hall–Kier alpha value is -2.81. The van der Waals surface area contributed by atoms with E-state index < -0.39 is 0 Å². The molecule has 0 fully saturated rings. The maximum Gasteiger partial charge on any atom is 0.208 e. The third-order valence-corrected chi connectivity index (χ3v) is 3.90. The first-order chi connectivity index (χ1) is 11.3. The van der Waals surface area contributed by atoms with E-state index in [1.807, 2.05) is 42.5 Å². The van der Waals surface area contributed by atoms with Crippen molar-refractivity contribution in [1.82, 2.24) is 0 Å². The zero-order chi connectivity index (χ0) is 16.1. The summed E-state index contributed by atoms with van der Waals surface area (Å²) < 4.78 is 12.7. The molecule has 0 aliphatic rings. The van der Waals surface area contributed by atoms with Gasteiger partial charge in [-0.1, -0.05) is 6.07 Å². The van der Waals surface area contributed by atoms with Crippen LogP contribution in [0.5, 0.6) is 11.5 Å². The number of methoxy groups -OCH3 is 2. The normalized spacial score (nSPS) is 10.6. The summed E-state index contributed by atoms with van der Waals surface area (Å²) in [6.07, 6.45) is 4.16. The second kappa shape index (κ2) is 6.97. The van der Waals surface area contributed by atoms with Crippen LogP contribution in [0.4, 0.5) is 0 Å². The van der Waals surface area contributed by atoms with E-state index in [9.17, 15) is 0 Å². The van der Waals surface area contributed by atoms with E-state index in [0.29, 0.717) is 0 Å². The molecule has 3 aromatic rings. The molecule has 0 aliphatic heterocycles. The molecule has 0 atom stereocenters. The summed E-state index contributed by atoms with van der Waals surface area (Å²) >= 11 is 0. The van der Waals surface area contributed by atoms with E-state index in [1.165, 1.54) is 11.1 Å². The van der Waals surface area contributed by atoms with Crippen molar-refractivity contribution in [1.29, 1.82) is 0 Å². The average Bonchev–Trinajstić information content (AvgIpc) is 2.64. The van der Waals surface area contributed by atoms with Crippen LogP contribution in [0.2, 0.25) is 0 Å². The fourth-order valence-corrected chi connectivity index (χ4v) is 2.69. The van der Waals surface area contributed by atoms with Gasteiger partial charge < -0.3 is 9.47 Å². The number of benzene rings is 2. The van der Waals surface area contributed by atoms with Crippen LogP contribution in [0, 0.1) is 0 Å². The highest BCUT2D eigenvalue weighted by atomic mass is 16.5. The summed E-state index contributed by atoms with van der Waals surface area (Å²) in [6.45, 7) is 0. The van der Waals surface area contributed by atoms with Crippen LogP contribution in [-0.2, 0) is 0 Å². The second-order valence-corrected chi connectivity index (χ2v) is 5.27. The summed E-state index contributed by atoms with van der Waals surface area (Å²) in [5.41, 5.74) is 2.40. The molecule has 0 bridgehead atoms. The lowest BCUT2D eigenvalue weighted by Crippen LogP contribution is -2.39. The van der Waals surface area contributed by atoms with Crippen molar-refractivity contribution in [2.75, 3.05) is 14.2 Å². The van der Waals surface area contributed by atoms with E-state index in [4.69, 9.17) is 9.47 Å². The molecule has 3 nitrogen and oxygen atoms in total. The summed E-state index contributed by atoms with van der Waals surface area (Å²) in [5.74, 6) is 1.72. The van der Waals surface area contributed by atoms with Gasteiger partial charge in [0.15, 0.2) is 12.4 Å². The molecular formula is C20H20NO2+. The number of ether oxygens (including phenoxy) is 2. The predicted octanol–water partition coefficient (Wildman–Crippen LogP) is 3.63. The highest BCUT2D eigenvalue weighted by Gasteiger charge is 2.23. The van der Waals surface area contributed by atoms with Gasteiger partial charge in [-0.05, 0) is 48.5 Å². The number of aromatic nitrogens is 1. The lowest BCUT2D eigenvalue weighted by atomic mass is 9.98.